The lowest BCUT2D eigenvalue weighted by molar-refractivity contribution is 0.0765. The third-order valence-corrected chi connectivity index (χ3v) is 3.24. The minimum Gasteiger partial charge on any atom is -0.327 e. The molecule has 0 aromatic heterocycles. The van der Waals surface area contributed by atoms with E-state index < -0.39 is 11.7 Å². The Morgan fingerprint density at radius 3 is 2.83 bits per heavy atom. The first-order valence-corrected chi connectivity index (χ1v) is 6.18. The van der Waals surface area contributed by atoms with Crippen LogP contribution < -0.4 is 0 Å². The highest BCUT2D eigenvalue weighted by molar-refractivity contribution is 6.33. The van der Waals surface area contributed by atoms with E-state index in [1.54, 1.807) is 0 Å². The zero-order chi connectivity index (χ0) is 13.1. The molecule has 18 heavy (non-hydrogen) atoms. The summed E-state index contributed by atoms with van der Waals surface area (Å²) >= 11 is 5.88. The maximum Gasteiger partial charge on any atom is 0.259 e. The average molecular weight is 266 g/mol. The van der Waals surface area contributed by atoms with Gasteiger partial charge in [0.25, 0.3) is 5.91 Å². The average Bonchev–Trinajstić information content (AvgIpc) is 3.12. The van der Waals surface area contributed by atoms with E-state index in [1.165, 1.54) is 23.1 Å². The second kappa shape index (κ2) is 5.41. The van der Waals surface area contributed by atoms with Crippen molar-refractivity contribution in [2.45, 2.75) is 12.8 Å². The van der Waals surface area contributed by atoms with Crippen LogP contribution in [0.15, 0.2) is 18.2 Å². The number of halogens is 2. The van der Waals surface area contributed by atoms with Crippen molar-refractivity contribution in [2.24, 2.45) is 5.92 Å². The Morgan fingerprint density at radius 1 is 1.56 bits per heavy atom. The van der Waals surface area contributed by atoms with E-state index >= 15 is 0 Å². The van der Waals surface area contributed by atoms with Crippen LogP contribution in [0.4, 0.5) is 4.39 Å². The molecule has 94 valence electrons. The Balaban J connectivity index is 2.24. The van der Waals surface area contributed by atoms with Crippen molar-refractivity contribution in [2.75, 3.05) is 13.1 Å². The molecule has 0 heterocycles. The molecule has 0 radical (unpaired) electrons. The van der Waals surface area contributed by atoms with Gasteiger partial charge in [-0.25, -0.2) is 4.39 Å². The molecular weight excluding hydrogens is 253 g/mol. The smallest absolute Gasteiger partial charge is 0.259 e. The molecule has 0 bridgehead atoms. The van der Waals surface area contributed by atoms with Gasteiger partial charge in [0.15, 0.2) is 0 Å². The van der Waals surface area contributed by atoms with Crippen LogP contribution in [-0.2, 0) is 0 Å². The van der Waals surface area contributed by atoms with Crippen molar-refractivity contribution in [3.63, 3.8) is 0 Å². The fraction of sp³-hybridized carbons (Fsp3) is 0.357. The number of hydrogen-bond donors (Lipinski definition) is 0. The Hall–Kier alpha value is -1.53. The van der Waals surface area contributed by atoms with Crippen molar-refractivity contribution < 1.29 is 9.18 Å². The molecule has 0 spiro atoms. The highest BCUT2D eigenvalue weighted by Crippen LogP contribution is 2.30. The second-order valence-electron chi connectivity index (χ2n) is 4.43. The van der Waals surface area contributed by atoms with Crippen LogP contribution in [0.5, 0.6) is 0 Å². The maximum atomic E-state index is 13.7. The molecule has 1 aliphatic rings. The van der Waals surface area contributed by atoms with Gasteiger partial charge in [-0.1, -0.05) is 23.6 Å². The molecule has 2 nitrogen and oxygen atoms in total. The van der Waals surface area contributed by atoms with Crippen LogP contribution in [0.2, 0.25) is 5.02 Å². The number of hydrogen-bond acceptors (Lipinski definition) is 1. The van der Waals surface area contributed by atoms with Gasteiger partial charge in [0, 0.05) is 6.54 Å². The molecule has 2 rings (SSSR count). The third-order valence-electron chi connectivity index (χ3n) is 2.92. The monoisotopic (exact) mass is 265 g/mol. The van der Waals surface area contributed by atoms with Gasteiger partial charge in [0.1, 0.15) is 5.82 Å². The van der Waals surface area contributed by atoms with Gasteiger partial charge < -0.3 is 4.90 Å². The fourth-order valence-electron chi connectivity index (χ4n) is 1.80. The molecular formula is C14H13ClFNO. The summed E-state index contributed by atoms with van der Waals surface area (Å²) < 4.78 is 13.7. The third kappa shape index (κ3) is 2.83. The zero-order valence-corrected chi connectivity index (χ0v) is 10.6. The molecule has 0 saturated heterocycles. The molecule has 1 aromatic rings. The number of rotatable bonds is 4. The number of benzene rings is 1. The summed E-state index contributed by atoms with van der Waals surface area (Å²) in [5, 5.41) is 0.123. The number of nitrogens with zero attached hydrogens (tertiary/aromatic N) is 1. The van der Waals surface area contributed by atoms with Crippen molar-refractivity contribution in [1.82, 2.24) is 4.90 Å². The first kappa shape index (κ1) is 12.9. The van der Waals surface area contributed by atoms with E-state index in [0.717, 1.165) is 12.8 Å². The number of carbonyl (C=O) groups excluding carboxylic acids is 1. The van der Waals surface area contributed by atoms with Crippen LogP contribution in [-0.4, -0.2) is 23.9 Å². The van der Waals surface area contributed by atoms with Crippen LogP contribution in [0.25, 0.3) is 0 Å². The predicted octanol–water partition coefficient (Wildman–Crippen LogP) is 2.96. The van der Waals surface area contributed by atoms with Gasteiger partial charge in [-0.15, -0.1) is 6.42 Å². The molecule has 0 aliphatic heterocycles. The largest absolute Gasteiger partial charge is 0.327 e. The predicted molar refractivity (Wildman–Crippen MR) is 68.9 cm³/mol. The Bertz CT molecular complexity index is 485. The van der Waals surface area contributed by atoms with Gasteiger partial charge >= 0.3 is 0 Å². The van der Waals surface area contributed by atoms with E-state index in [1.807, 2.05) is 0 Å². The van der Waals surface area contributed by atoms with E-state index in [4.69, 9.17) is 18.0 Å². The number of carbonyl (C=O) groups is 1. The van der Waals surface area contributed by atoms with Gasteiger partial charge in [0.05, 0.1) is 17.1 Å². The lowest BCUT2D eigenvalue weighted by atomic mass is 10.1. The minimum absolute atomic E-state index is 0.0879. The van der Waals surface area contributed by atoms with Crippen molar-refractivity contribution >= 4 is 17.5 Å². The number of amides is 1. The van der Waals surface area contributed by atoms with Crippen LogP contribution in [0.1, 0.15) is 23.2 Å². The SMILES string of the molecule is C#CCN(CC1CC1)C(=O)c1c(F)cccc1Cl. The summed E-state index contributed by atoms with van der Waals surface area (Å²) in [6.45, 7) is 0.758. The summed E-state index contributed by atoms with van der Waals surface area (Å²) in [6.07, 6.45) is 7.44. The molecule has 1 aliphatic carbocycles. The summed E-state index contributed by atoms with van der Waals surface area (Å²) in [5.74, 6) is 1.89. The van der Waals surface area contributed by atoms with E-state index in [0.29, 0.717) is 12.5 Å². The quantitative estimate of drug-likeness (QED) is 0.767. The van der Waals surface area contributed by atoms with Gasteiger partial charge in [0.2, 0.25) is 0 Å². The van der Waals surface area contributed by atoms with Gasteiger partial charge in [-0.05, 0) is 30.9 Å². The van der Waals surface area contributed by atoms with Crippen LogP contribution >= 0.6 is 11.6 Å². The summed E-state index contributed by atoms with van der Waals surface area (Å²) in [4.78, 5) is 13.7. The van der Waals surface area contributed by atoms with E-state index in [-0.39, 0.29) is 17.1 Å². The molecule has 1 fully saturated rings. The van der Waals surface area contributed by atoms with Crippen molar-refractivity contribution in [3.05, 3.63) is 34.6 Å². The number of terminal acetylenes is 1. The Morgan fingerprint density at radius 2 is 2.28 bits per heavy atom. The molecule has 0 atom stereocenters. The topological polar surface area (TPSA) is 20.3 Å². The molecule has 1 aromatic carbocycles. The Kier molecular flexibility index (Phi) is 3.88. The summed E-state index contributed by atoms with van der Waals surface area (Å²) in [6, 6.07) is 4.20. The lowest BCUT2D eigenvalue weighted by Crippen LogP contribution is -2.34. The molecule has 4 heteroatoms. The molecule has 0 N–H and O–H groups in total. The standard InChI is InChI=1S/C14H13ClFNO/c1-2-8-17(9-10-6-7-10)14(18)13-11(15)4-3-5-12(13)16/h1,3-5,10H,6-9H2. The lowest BCUT2D eigenvalue weighted by Gasteiger charge is -2.20. The van der Waals surface area contributed by atoms with Gasteiger partial charge in [-0.3, -0.25) is 4.79 Å². The fourth-order valence-corrected chi connectivity index (χ4v) is 2.05. The van der Waals surface area contributed by atoms with Gasteiger partial charge in [-0.2, -0.15) is 0 Å². The molecule has 0 unspecified atom stereocenters. The van der Waals surface area contributed by atoms with E-state index in [2.05, 4.69) is 5.92 Å². The normalized spacial score (nSPS) is 14.1. The second-order valence-corrected chi connectivity index (χ2v) is 4.84. The highest BCUT2D eigenvalue weighted by Gasteiger charge is 2.28. The molecule has 1 amide bonds. The summed E-state index contributed by atoms with van der Waals surface area (Å²) in [7, 11) is 0. The minimum atomic E-state index is -0.606. The van der Waals surface area contributed by atoms with Crippen molar-refractivity contribution in [1.29, 1.82) is 0 Å². The van der Waals surface area contributed by atoms with Crippen molar-refractivity contribution in [3.8, 4) is 12.3 Å². The van der Waals surface area contributed by atoms with Crippen LogP contribution in [0.3, 0.4) is 0 Å². The first-order chi connectivity index (χ1) is 8.63. The Labute approximate surface area is 111 Å². The van der Waals surface area contributed by atoms with Crippen LogP contribution in [0, 0.1) is 24.1 Å². The summed E-state index contributed by atoms with van der Waals surface area (Å²) in [5.41, 5.74) is -0.0879. The first-order valence-electron chi connectivity index (χ1n) is 5.80. The van der Waals surface area contributed by atoms with E-state index in [9.17, 15) is 9.18 Å². The highest BCUT2D eigenvalue weighted by atomic mass is 35.5. The zero-order valence-electron chi connectivity index (χ0n) is 9.83. The molecule has 1 saturated carbocycles. The maximum absolute atomic E-state index is 13.7.